The van der Waals surface area contributed by atoms with Gasteiger partial charge in [-0.1, -0.05) is 23.7 Å². The molecular formula is C14H11ClN2. The number of nitrogens with zero attached hydrogens (tertiary/aromatic N) is 2. The fraction of sp³-hybridized carbons (Fsp3) is 0.0714. The fourth-order valence-corrected chi connectivity index (χ4v) is 2.20. The molecule has 0 radical (unpaired) electrons. The molecule has 0 aliphatic carbocycles. The van der Waals surface area contributed by atoms with Crippen LogP contribution in [0.15, 0.2) is 48.8 Å². The van der Waals surface area contributed by atoms with Gasteiger partial charge in [0.15, 0.2) is 0 Å². The van der Waals surface area contributed by atoms with Crippen molar-refractivity contribution in [2.24, 2.45) is 7.05 Å². The van der Waals surface area contributed by atoms with Crippen LogP contribution in [-0.4, -0.2) is 9.55 Å². The molecule has 2 nitrogen and oxygen atoms in total. The minimum Gasteiger partial charge on any atom is -0.335 e. The standard InChI is InChI=1S/C14H11ClN2/c1-17-9-13(10-4-6-11(15)7-5-10)12-3-2-8-16-14(12)17/h2-9H,1H3. The SMILES string of the molecule is Cn1cc(-c2ccc(Cl)cc2)c2cccnc21. The van der Waals surface area contributed by atoms with E-state index in [0.717, 1.165) is 21.6 Å². The number of hydrogen-bond acceptors (Lipinski definition) is 1. The summed E-state index contributed by atoms with van der Waals surface area (Å²) in [5, 5.41) is 1.92. The monoisotopic (exact) mass is 242 g/mol. The number of aryl methyl sites for hydroxylation is 1. The van der Waals surface area contributed by atoms with E-state index < -0.39 is 0 Å². The summed E-state index contributed by atoms with van der Waals surface area (Å²) < 4.78 is 2.04. The van der Waals surface area contributed by atoms with E-state index in [4.69, 9.17) is 11.6 Å². The third-order valence-electron chi connectivity index (χ3n) is 2.89. The maximum atomic E-state index is 5.91. The Labute approximate surface area is 104 Å². The zero-order chi connectivity index (χ0) is 11.8. The Morgan fingerprint density at radius 1 is 1.12 bits per heavy atom. The fourth-order valence-electron chi connectivity index (χ4n) is 2.07. The third-order valence-corrected chi connectivity index (χ3v) is 3.14. The molecule has 3 heteroatoms. The van der Waals surface area contributed by atoms with E-state index in [2.05, 4.69) is 17.2 Å². The van der Waals surface area contributed by atoms with E-state index in [1.54, 1.807) is 0 Å². The smallest absolute Gasteiger partial charge is 0.140 e. The second-order valence-corrected chi connectivity index (χ2v) is 4.47. The maximum absolute atomic E-state index is 5.91. The number of aromatic nitrogens is 2. The summed E-state index contributed by atoms with van der Waals surface area (Å²) in [5.41, 5.74) is 3.35. The Bertz CT molecular complexity index is 668. The predicted molar refractivity (Wildman–Crippen MR) is 71.2 cm³/mol. The van der Waals surface area contributed by atoms with Gasteiger partial charge in [-0.05, 0) is 29.8 Å². The zero-order valence-electron chi connectivity index (χ0n) is 9.39. The molecule has 0 spiro atoms. The predicted octanol–water partition coefficient (Wildman–Crippen LogP) is 3.89. The molecule has 0 aliphatic rings. The number of pyridine rings is 1. The van der Waals surface area contributed by atoms with Gasteiger partial charge in [-0.15, -0.1) is 0 Å². The van der Waals surface area contributed by atoms with Gasteiger partial charge in [-0.2, -0.15) is 0 Å². The molecule has 0 aliphatic heterocycles. The van der Waals surface area contributed by atoms with Crippen LogP contribution >= 0.6 is 11.6 Å². The highest BCUT2D eigenvalue weighted by Crippen LogP contribution is 2.29. The van der Waals surface area contributed by atoms with Crippen LogP contribution in [0.4, 0.5) is 0 Å². The van der Waals surface area contributed by atoms with Crippen molar-refractivity contribution in [3.63, 3.8) is 0 Å². The average molecular weight is 243 g/mol. The summed E-state index contributed by atoms with van der Waals surface area (Å²) in [6.07, 6.45) is 3.91. The van der Waals surface area contributed by atoms with Crippen molar-refractivity contribution >= 4 is 22.6 Å². The van der Waals surface area contributed by atoms with Gasteiger partial charge in [0.05, 0.1) is 0 Å². The Morgan fingerprint density at radius 2 is 1.88 bits per heavy atom. The number of halogens is 1. The first-order valence-corrected chi connectivity index (χ1v) is 5.79. The molecule has 0 amide bonds. The van der Waals surface area contributed by atoms with Crippen LogP contribution in [0.1, 0.15) is 0 Å². The van der Waals surface area contributed by atoms with E-state index in [-0.39, 0.29) is 0 Å². The molecule has 0 saturated heterocycles. The highest BCUT2D eigenvalue weighted by molar-refractivity contribution is 6.30. The van der Waals surface area contributed by atoms with Crippen molar-refractivity contribution in [3.05, 3.63) is 53.8 Å². The Balaban J connectivity index is 2.27. The van der Waals surface area contributed by atoms with E-state index in [1.807, 2.05) is 48.1 Å². The Hall–Kier alpha value is -1.80. The van der Waals surface area contributed by atoms with Crippen LogP contribution in [0.25, 0.3) is 22.2 Å². The van der Waals surface area contributed by atoms with Gasteiger partial charge < -0.3 is 4.57 Å². The van der Waals surface area contributed by atoms with Gasteiger partial charge in [0.1, 0.15) is 5.65 Å². The zero-order valence-corrected chi connectivity index (χ0v) is 10.1. The molecule has 2 heterocycles. The van der Waals surface area contributed by atoms with Crippen molar-refractivity contribution in [2.75, 3.05) is 0 Å². The van der Waals surface area contributed by atoms with E-state index in [0.29, 0.717) is 0 Å². The average Bonchev–Trinajstić information content (AvgIpc) is 2.69. The van der Waals surface area contributed by atoms with Crippen molar-refractivity contribution < 1.29 is 0 Å². The maximum Gasteiger partial charge on any atom is 0.140 e. The second kappa shape index (κ2) is 3.90. The second-order valence-electron chi connectivity index (χ2n) is 4.04. The van der Waals surface area contributed by atoms with Gasteiger partial charge in [-0.25, -0.2) is 4.98 Å². The number of rotatable bonds is 1. The highest BCUT2D eigenvalue weighted by Gasteiger charge is 2.08. The Kier molecular flexibility index (Phi) is 2.37. The first-order chi connectivity index (χ1) is 8.25. The molecule has 0 atom stereocenters. The van der Waals surface area contributed by atoms with Crippen molar-refractivity contribution in [2.45, 2.75) is 0 Å². The molecule has 3 aromatic rings. The minimum atomic E-state index is 0.757. The molecule has 0 bridgehead atoms. The summed E-state index contributed by atoms with van der Waals surface area (Å²) in [7, 11) is 2.01. The number of benzene rings is 1. The van der Waals surface area contributed by atoms with E-state index in [9.17, 15) is 0 Å². The summed E-state index contributed by atoms with van der Waals surface area (Å²) in [4.78, 5) is 4.38. The first kappa shape index (κ1) is 10.4. The molecule has 0 N–H and O–H groups in total. The van der Waals surface area contributed by atoms with Crippen molar-refractivity contribution in [1.29, 1.82) is 0 Å². The van der Waals surface area contributed by atoms with Gasteiger partial charge >= 0.3 is 0 Å². The quantitative estimate of drug-likeness (QED) is 0.633. The molecule has 17 heavy (non-hydrogen) atoms. The summed E-state index contributed by atoms with van der Waals surface area (Å²) in [6, 6.07) is 11.9. The Morgan fingerprint density at radius 3 is 2.65 bits per heavy atom. The molecule has 0 saturated carbocycles. The number of fused-ring (bicyclic) bond motifs is 1. The van der Waals surface area contributed by atoms with Crippen molar-refractivity contribution in [1.82, 2.24) is 9.55 Å². The van der Waals surface area contributed by atoms with Gasteiger partial charge in [0.25, 0.3) is 0 Å². The lowest BCUT2D eigenvalue weighted by atomic mass is 10.1. The highest BCUT2D eigenvalue weighted by atomic mass is 35.5. The molecule has 84 valence electrons. The molecule has 0 unspecified atom stereocenters. The summed E-state index contributed by atoms with van der Waals surface area (Å²) in [5.74, 6) is 0. The third kappa shape index (κ3) is 1.71. The number of hydrogen-bond donors (Lipinski definition) is 0. The normalized spacial score (nSPS) is 10.9. The van der Waals surface area contributed by atoms with Gasteiger partial charge in [0, 0.05) is 35.4 Å². The topological polar surface area (TPSA) is 17.8 Å². The lowest BCUT2D eigenvalue weighted by molar-refractivity contribution is 0.949. The van der Waals surface area contributed by atoms with E-state index >= 15 is 0 Å². The van der Waals surface area contributed by atoms with Crippen LogP contribution in [0.5, 0.6) is 0 Å². The van der Waals surface area contributed by atoms with Crippen LogP contribution in [0.3, 0.4) is 0 Å². The van der Waals surface area contributed by atoms with Crippen LogP contribution in [0, 0.1) is 0 Å². The molecule has 0 fully saturated rings. The largest absolute Gasteiger partial charge is 0.335 e. The summed E-state index contributed by atoms with van der Waals surface area (Å²) >= 11 is 5.91. The molecule has 2 aromatic heterocycles. The minimum absolute atomic E-state index is 0.757. The van der Waals surface area contributed by atoms with Gasteiger partial charge in [0.2, 0.25) is 0 Å². The van der Waals surface area contributed by atoms with Crippen LogP contribution < -0.4 is 0 Å². The molecule has 1 aromatic carbocycles. The van der Waals surface area contributed by atoms with Crippen LogP contribution in [0.2, 0.25) is 5.02 Å². The van der Waals surface area contributed by atoms with Crippen LogP contribution in [-0.2, 0) is 7.05 Å². The first-order valence-electron chi connectivity index (χ1n) is 5.42. The van der Waals surface area contributed by atoms with Crippen molar-refractivity contribution in [3.8, 4) is 11.1 Å². The lowest BCUT2D eigenvalue weighted by Crippen LogP contribution is -1.85. The summed E-state index contributed by atoms with van der Waals surface area (Å²) in [6.45, 7) is 0. The van der Waals surface area contributed by atoms with Gasteiger partial charge in [-0.3, -0.25) is 0 Å². The lowest BCUT2D eigenvalue weighted by Gasteiger charge is -1.99. The molecule has 3 rings (SSSR count). The molecular weight excluding hydrogens is 232 g/mol. The van der Waals surface area contributed by atoms with E-state index in [1.165, 1.54) is 5.56 Å².